The Morgan fingerprint density at radius 1 is 0.830 bits per heavy atom. The van der Waals surface area contributed by atoms with E-state index in [9.17, 15) is 31.1 Å². The number of nitrogens with zero attached hydrogens (tertiary/aromatic N) is 5. The zero-order chi connectivity index (χ0) is 32.6. The van der Waals surface area contributed by atoms with Crippen molar-refractivity contribution in [2.75, 3.05) is 26.2 Å². The number of amides is 1. The van der Waals surface area contributed by atoms with Crippen molar-refractivity contribution in [3.05, 3.63) is 34.3 Å². The molecule has 1 N–H and O–H groups in total. The van der Waals surface area contributed by atoms with Crippen LogP contribution in [0.3, 0.4) is 0 Å². The number of hydrogen-bond acceptors (Lipinski definition) is 7. The molecule has 0 radical (unpaired) electrons. The molecule has 0 unspecified atom stereocenters. The molecule has 0 atom stereocenters. The minimum Gasteiger partial charge on any atom is -0.444 e. The molecule has 1 amide bonds. The first-order chi connectivity index (χ1) is 21.1. The van der Waals surface area contributed by atoms with Crippen LogP contribution in [-0.2, 0) is 17.8 Å². The van der Waals surface area contributed by atoms with Gasteiger partial charge in [-0.15, -0.1) is 35.1 Å². The summed E-state index contributed by atoms with van der Waals surface area (Å²) in [4.78, 5) is 13.8. The van der Waals surface area contributed by atoms with Crippen molar-refractivity contribution in [3.63, 3.8) is 0 Å². The van der Waals surface area contributed by atoms with E-state index in [1.54, 1.807) is 22.4 Å². The zero-order valence-electron chi connectivity index (χ0n) is 25.6. The van der Waals surface area contributed by atoms with E-state index in [0.717, 1.165) is 50.4 Å². The smallest absolute Gasteiger partial charge is 0.410 e. The average Bonchev–Trinajstić information content (AvgIpc) is 3.72. The molecule has 6 rings (SSSR count). The predicted molar refractivity (Wildman–Crippen MR) is 176 cm³/mol. The third-order valence-electron chi connectivity index (χ3n) is 7.68. The lowest BCUT2D eigenvalue weighted by molar-refractivity contribution is -0.142. The highest BCUT2D eigenvalue weighted by molar-refractivity contribution is 7.17. The van der Waals surface area contributed by atoms with E-state index in [0.29, 0.717) is 42.7 Å². The largest absolute Gasteiger partial charge is 0.444 e. The summed E-state index contributed by atoms with van der Waals surface area (Å²) in [6.45, 7) is 6.20. The summed E-state index contributed by atoms with van der Waals surface area (Å²) in [6, 6.07) is 3.40. The van der Waals surface area contributed by atoms with Crippen molar-refractivity contribution < 1.29 is 35.9 Å². The molecule has 4 aromatic heterocycles. The zero-order valence-corrected chi connectivity index (χ0v) is 28.0. The van der Waals surface area contributed by atoms with E-state index >= 15 is 0 Å². The fraction of sp³-hybridized carbons (Fsp3) is 0.633. The summed E-state index contributed by atoms with van der Waals surface area (Å²) in [6.07, 6.45) is -5.68. The molecule has 2 aliphatic rings. The van der Waals surface area contributed by atoms with Gasteiger partial charge in [0.25, 0.3) is 0 Å². The number of hydrogen-bond donors (Lipinski definition) is 1. The van der Waals surface area contributed by atoms with Crippen LogP contribution in [0.5, 0.6) is 0 Å². The lowest BCUT2D eigenvalue weighted by Crippen LogP contribution is -2.41. The van der Waals surface area contributed by atoms with E-state index in [1.165, 1.54) is 22.7 Å². The minimum atomic E-state index is -4.31. The van der Waals surface area contributed by atoms with Crippen LogP contribution in [0, 0.1) is 0 Å². The second-order valence-corrected chi connectivity index (χ2v) is 14.2. The molecule has 2 saturated heterocycles. The van der Waals surface area contributed by atoms with Crippen LogP contribution in [0.1, 0.15) is 77.1 Å². The third-order valence-corrected chi connectivity index (χ3v) is 9.54. The van der Waals surface area contributed by atoms with Crippen molar-refractivity contribution in [3.8, 4) is 0 Å². The van der Waals surface area contributed by atoms with Gasteiger partial charge >= 0.3 is 18.4 Å². The number of halogens is 7. The van der Waals surface area contributed by atoms with E-state index < -0.39 is 31.0 Å². The number of rotatable bonds is 4. The molecular weight excluding hydrogens is 690 g/mol. The summed E-state index contributed by atoms with van der Waals surface area (Å²) in [5.74, 6) is 0.321. The first-order valence-electron chi connectivity index (χ1n) is 14.8. The normalized spacial score (nSPS) is 16.8. The summed E-state index contributed by atoms with van der Waals surface area (Å²) in [7, 11) is 0. The molecule has 2 fully saturated rings. The van der Waals surface area contributed by atoms with E-state index in [2.05, 4.69) is 15.5 Å². The van der Waals surface area contributed by atoms with Crippen LogP contribution in [-0.4, -0.2) is 74.7 Å². The highest BCUT2D eigenvalue weighted by atomic mass is 35.5. The number of carbonyl (C=O) groups is 1. The molecule has 47 heavy (non-hydrogen) atoms. The maximum absolute atomic E-state index is 12.8. The van der Waals surface area contributed by atoms with Crippen molar-refractivity contribution >= 4 is 61.6 Å². The van der Waals surface area contributed by atoms with E-state index in [1.807, 2.05) is 26.2 Å². The minimum absolute atomic E-state index is 0. The SMILES string of the molecule is C.CC(C)(C)OC(=O)N1CCC(c2nn(CC(F)(F)F)c3ccsc23)CC1.Cl.FC(F)(F)Cn1nc(C2CCNCC2)c2sccc21. The number of alkyl halides is 6. The third kappa shape index (κ3) is 9.98. The van der Waals surface area contributed by atoms with Crippen LogP contribution >= 0.6 is 35.1 Å². The number of nitrogens with one attached hydrogen (secondary N) is 1. The molecule has 17 heteroatoms. The standard InChI is InChI=1S/C17H22F3N3O2S.C12H14F3N3S.CH4.ClH/c1-16(2,3)25-15(24)22-7-4-11(5-8-22)13-14-12(6-9-26-14)23(21-13)10-17(18,19)20;13-12(14,15)7-18-9-3-6-19-11(9)10(17-18)8-1-4-16-5-2-8;;/h6,9,11H,4-5,7-8,10H2,1-3H3;3,6,8,16H,1-2,4-5,7H2;1H4;1H. The van der Waals surface area contributed by atoms with Gasteiger partial charge < -0.3 is 15.0 Å². The second kappa shape index (κ2) is 15.3. The fourth-order valence-corrected chi connectivity index (χ4v) is 7.64. The second-order valence-electron chi connectivity index (χ2n) is 12.4. The van der Waals surface area contributed by atoms with Gasteiger partial charge in [0.1, 0.15) is 18.7 Å². The van der Waals surface area contributed by atoms with Gasteiger partial charge in [0, 0.05) is 24.9 Å². The molecule has 6 heterocycles. The van der Waals surface area contributed by atoms with Gasteiger partial charge in [-0.1, -0.05) is 7.43 Å². The average molecular weight is 731 g/mol. The summed E-state index contributed by atoms with van der Waals surface area (Å²) in [5.41, 5.74) is 2.14. The van der Waals surface area contributed by atoms with Crippen LogP contribution in [0.2, 0.25) is 0 Å². The van der Waals surface area contributed by atoms with Crippen molar-refractivity contribution in [2.45, 2.75) is 96.8 Å². The van der Waals surface area contributed by atoms with Crippen molar-refractivity contribution in [1.82, 2.24) is 29.8 Å². The monoisotopic (exact) mass is 730 g/mol. The maximum atomic E-state index is 12.8. The van der Waals surface area contributed by atoms with Gasteiger partial charge in [-0.05, 0) is 82.4 Å². The highest BCUT2D eigenvalue weighted by Gasteiger charge is 2.34. The van der Waals surface area contributed by atoms with Gasteiger partial charge in [0.05, 0.1) is 31.8 Å². The topological polar surface area (TPSA) is 77.2 Å². The number of fused-ring (bicyclic) bond motifs is 2. The molecule has 0 aromatic carbocycles. The molecule has 2 aliphatic heterocycles. The number of thiophene rings is 2. The van der Waals surface area contributed by atoms with Gasteiger partial charge in [-0.25, -0.2) is 4.79 Å². The quantitative estimate of drug-likeness (QED) is 0.212. The number of likely N-dealkylation sites (tertiary alicyclic amines) is 1. The fourth-order valence-electron chi connectivity index (χ4n) is 5.73. The molecule has 264 valence electrons. The summed E-state index contributed by atoms with van der Waals surface area (Å²) < 4.78 is 85.3. The first kappa shape index (κ1) is 38.9. The molecule has 0 saturated carbocycles. The Morgan fingerprint density at radius 2 is 1.26 bits per heavy atom. The van der Waals surface area contributed by atoms with Gasteiger partial charge in [-0.3, -0.25) is 9.36 Å². The molecule has 0 spiro atoms. The molecule has 4 aromatic rings. The van der Waals surface area contributed by atoms with Gasteiger partial charge in [0.15, 0.2) is 0 Å². The Kier molecular flexibility index (Phi) is 12.7. The molecular formula is C30H41ClF6N6O2S2. The highest BCUT2D eigenvalue weighted by Crippen LogP contribution is 2.37. The Labute approximate surface area is 283 Å². The predicted octanol–water partition coefficient (Wildman–Crippen LogP) is 8.96. The van der Waals surface area contributed by atoms with Gasteiger partial charge in [-0.2, -0.15) is 36.5 Å². The van der Waals surface area contributed by atoms with Crippen molar-refractivity contribution in [2.24, 2.45) is 0 Å². The van der Waals surface area contributed by atoms with Crippen LogP contribution in [0.4, 0.5) is 31.1 Å². The molecule has 8 nitrogen and oxygen atoms in total. The lowest BCUT2D eigenvalue weighted by atomic mass is 9.94. The summed E-state index contributed by atoms with van der Waals surface area (Å²) >= 11 is 2.90. The number of aromatic nitrogens is 4. The Morgan fingerprint density at radius 3 is 1.66 bits per heavy atom. The maximum Gasteiger partial charge on any atom is 0.410 e. The van der Waals surface area contributed by atoms with E-state index in [4.69, 9.17) is 4.74 Å². The van der Waals surface area contributed by atoms with Gasteiger partial charge in [0.2, 0.25) is 0 Å². The Hall–Kier alpha value is -2.56. The number of piperidine rings is 2. The Bertz CT molecular complexity index is 1590. The van der Waals surface area contributed by atoms with E-state index in [-0.39, 0.29) is 37.8 Å². The number of ether oxygens (including phenoxy) is 1. The van der Waals surface area contributed by atoms with Crippen LogP contribution in [0.25, 0.3) is 20.4 Å². The Balaban J connectivity index is 0.000000255. The van der Waals surface area contributed by atoms with Crippen LogP contribution in [0.15, 0.2) is 22.9 Å². The van der Waals surface area contributed by atoms with Crippen molar-refractivity contribution in [1.29, 1.82) is 0 Å². The number of carbonyl (C=O) groups excluding carboxylic acids is 1. The summed E-state index contributed by atoms with van der Waals surface area (Å²) in [5, 5.41) is 15.4. The lowest BCUT2D eigenvalue weighted by Gasteiger charge is -2.33. The molecule has 0 bridgehead atoms. The molecule has 0 aliphatic carbocycles. The first-order valence-corrected chi connectivity index (χ1v) is 16.5. The van der Waals surface area contributed by atoms with Crippen LogP contribution < -0.4 is 5.32 Å².